The Morgan fingerprint density at radius 3 is 2.81 bits per heavy atom. The first kappa shape index (κ1) is 15.9. The van der Waals surface area contributed by atoms with Crippen LogP contribution in [-0.4, -0.2) is 11.5 Å². The molecule has 1 atom stereocenters. The van der Waals surface area contributed by atoms with Crippen LogP contribution in [0, 0.1) is 12.7 Å². The van der Waals surface area contributed by atoms with Crippen molar-refractivity contribution in [1.82, 2.24) is 10.3 Å². The Labute approximate surface area is 130 Å². The Bertz CT molecular complexity index is 601. The molecule has 0 fully saturated rings. The summed E-state index contributed by atoms with van der Waals surface area (Å²) in [7, 11) is 0. The van der Waals surface area contributed by atoms with Crippen LogP contribution in [0.15, 0.2) is 36.5 Å². The van der Waals surface area contributed by atoms with Crippen LogP contribution in [0.4, 0.5) is 4.39 Å². The van der Waals surface area contributed by atoms with Crippen LogP contribution in [0.5, 0.6) is 0 Å². The average Bonchev–Trinajstić information content (AvgIpc) is 2.48. The van der Waals surface area contributed by atoms with E-state index < -0.39 is 0 Å². The van der Waals surface area contributed by atoms with Crippen molar-refractivity contribution in [2.45, 2.75) is 32.7 Å². The molecule has 0 aliphatic carbocycles. The van der Waals surface area contributed by atoms with E-state index in [1.165, 1.54) is 6.07 Å². The summed E-state index contributed by atoms with van der Waals surface area (Å²) in [6, 6.07) is 8.87. The first-order chi connectivity index (χ1) is 10.1. The van der Waals surface area contributed by atoms with E-state index in [1.807, 2.05) is 25.1 Å². The van der Waals surface area contributed by atoms with E-state index in [0.717, 1.165) is 29.8 Å². The van der Waals surface area contributed by atoms with Crippen LogP contribution in [0.2, 0.25) is 5.02 Å². The van der Waals surface area contributed by atoms with Gasteiger partial charge < -0.3 is 5.32 Å². The molecule has 0 radical (unpaired) electrons. The number of aryl methyl sites for hydroxylation is 1. The van der Waals surface area contributed by atoms with Crippen molar-refractivity contribution < 1.29 is 4.39 Å². The van der Waals surface area contributed by atoms with Crippen molar-refractivity contribution in [3.63, 3.8) is 0 Å². The molecule has 0 saturated heterocycles. The van der Waals surface area contributed by atoms with Gasteiger partial charge in [-0.1, -0.05) is 36.7 Å². The molecule has 4 heteroatoms. The van der Waals surface area contributed by atoms with Crippen molar-refractivity contribution in [2.75, 3.05) is 6.54 Å². The minimum atomic E-state index is -0.379. The first-order valence-electron chi connectivity index (χ1n) is 7.21. The van der Waals surface area contributed by atoms with Crippen molar-refractivity contribution >= 4 is 11.6 Å². The molecule has 0 bridgehead atoms. The summed E-state index contributed by atoms with van der Waals surface area (Å²) in [5, 5.41) is 3.63. The van der Waals surface area contributed by atoms with Crippen molar-refractivity contribution in [3.05, 3.63) is 64.2 Å². The maximum Gasteiger partial charge on any atom is 0.142 e. The summed E-state index contributed by atoms with van der Waals surface area (Å²) in [6.45, 7) is 4.99. The summed E-state index contributed by atoms with van der Waals surface area (Å²) in [4.78, 5) is 4.43. The van der Waals surface area contributed by atoms with Gasteiger partial charge in [0.05, 0.1) is 5.02 Å². The summed E-state index contributed by atoms with van der Waals surface area (Å²) in [5.41, 5.74) is 2.93. The third-order valence-corrected chi connectivity index (χ3v) is 3.91. The van der Waals surface area contributed by atoms with E-state index in [1.54, 1.807) is 12.3 Å². The van der Waals surface area contributed by atoms with Gasteiger partial charge in [-0.2, -0.15) is 0 Å². The van der Waals surface area contributed by atoms with Gasteiger partial charge in [-0.25, -0.2) is 4.39 Å². The van der Waals surface area contributed by atoms with Crippen LogP contribution in [0.3, 0.4) is 0 Å². The van der Waals surface area contributed by atoms with Gasteiger partial charge >= 0.3 is 0 Å². The molecule has 2 aromatic rings. The topological polar surface area (TPSA) is 24.9 Å². The summed E-state index contributed by atoms with van der Waals surface area (Å²) in [5.74, 6) is -0.379. The standard InChI is InChI=1S/C17H20ClFN2/c1-3-9-20-16(11-15-12(2)6-5-10-21-15)13-7-4-8-14(19)17(13)18/h4-8,10,16,20H,3,9,11H2,1-2H3. The normalized spacial score (nSPS) is 12.4. The Kier molecular flexibility index (Phi) is 5.71. The Morgan fingerprint density at radius 1 is 1.29 bits per heavy atom. The predicted octanol–water partition coefficient (Wildman–Crippen LogP) is 4.47. The van der Waals surface area contributed by atoms with Gasteiger partial charge in [-0.15, -0.1) is 0 Å². The van der Waals surface area contributed by atoms with Crippen LogP contribution in [-0.2, 0) is 6.42 Å². The zero-order chi connectivity index (χ0) is 15.2. The molecule has 2 rings (SSSR count). The number of hydrogen-bond acceptors (Lipinski definition) is 2. The quantitative estimate of drug-likeness (QED) is 0.852. The smallest absolute Gasteiger partial charge is 0.142 e. The van der Waals surface area contributed by atoms with E-state index in [0.29, 0.717) is 6.42 Å². The maximum absolute atomic E-state index is 13.7. The van der Waals surface area contributed by atoms with E-state index in [-0.39, 0.29) is 16.9 Å². The van der Waals surface area contributed by atoms with Gasteiger partial charge in [0.25, 0.3) is 0 Å². The zero-order valence-corrected chi connectivity index (χ0v) is 13.1. The molecule has 21 heavy (non-hydrogen) atoms. The highest BCUT2D eigenvalue weighted by molar-refractivity contribution is 6.31. The molecule has 1 heterocycles. The van der Waals surface area contributed by atoms with Gasteiger partial charge in [0, 0.05) is 24.4 Å². The molecule has 1 unspecified atom stereocenters. The lowest BCUT2D eigenvalue weighted by Crippen LogP contribution is -2.25. The predicted molar refractivity (Wildman–Crippen MR) is 85.1 cm³/mol. The zero-order valence-electron chi connectivity index (χ0n) is 12.4. The summed E-state index contributed by atoms with van der Waals surface area (Å²) < 4.78 is 13.7. The van der Waals surface area contributed by atoms with Crippen LogP contribution >= 0.6 is 11.6 Å². The lowest BCUT2D eigenvalue weighted by atomic mass is 9.99. The third-order valence-electron chi connectivity index (χ3n) is 3.51. The second kappa shape index (κ2) is 7.53. The maximum atomic E-state index is 13.7. The van der Waals surface area contributed by atoms with E-state index >= 15 is 0 Å². The first-order valence-corrected chi connectivity index (χ1v) is 7.59. The van der Waals surface area contributed by atoms with Crippen molar-refractivity contribution in [1.29, 1.82) is 0 Å². The Hall–Kier alpha value is -1.45. The molecular formula is C17H20ClFN2. The van der Waals surface area contributed by atoms with Gasteiger partial charge in [0.15, 0.2) is 0 Å². The fourth-order valence-corrected chi connectivity index (χ4v) is 2.58. The summed E-state index contributed by atoms with van der Waals surface area (Å²) >= 11 is 6.14. The largest absolute Gasteiger partial charge is 0.310 e. The molecule has 0 saturated carbocycles. The molecule has 0 amide bonds. The van der Waals surface area contributed by atoms with E-state index in [4.69, 9.17) is 11.6 Å². The molecule has 0 aliphatic rings. The monoisotopic (exact) mass is 306 g/mol. The lowest BCUT2D eigenvalue weighted by Gasteiger charge is -2.21. The van der Waals surface area contributed by atoms with Gasteiger partial charge in [0.1, 0.15) is 5.82 Å². The second-order valence-electron chi connectivity index (χ2n) is 5.12. The second-order valence-corrected chi connectivity index (χ2v) is 5.50. The molecule has 112 valence electrons. The van der Waals surface area contributed by atoms with E-state index in [2.05, 4.69) is 17.2 Å². The van der Waals surface area contributed by atoms with Gasteiger partial charge in [0.2, 0.25) is 0 Å². The van der Waals surface area contributed by atoms with Crippen LogP contribution < -0.4 is 5.32 Å². The number of nitrogens with zero attached hydrogens (tertiary/aromatic N) is 1. The number of nitrogens with one attached hydrogen (secondary N) is 1. The summed E-state index contributed by atoms with van der Waals surface area (Å²) in [6.07, 6.45) is 3.48. The van der Waals surface area contributed by atoms with Crippen molar-refractivity contribution in [3.8, 4) is 0 Å². The highest BCUT2D eigenvalue weighted by atomic mass is 35.5. The SMILES string of the molecule is CCCNC(Cc1ncccc1C)c1cccc(F)c1Cl. The minimum absolute atomic E-state index is 0.0400. The Balaban J connectivity index is 2.30. The number of benzene rings is 1. The van der Waals surface area contributed by atoms with Gasteiger partial charge in [-0.3, -0.25) is 4.98 Å². The van der Waals surface area contributed by atoms with Gasteiger partial charge in [-0.05, 0) is 43.1 Å². The number of pyridine rings is 1. The number of hydrogen-bond donors (Lipinski definition) is 1. The minimum Gasteiger partial charge on any atom is -0.310 e. The van der Waals surface area contributed by atoms with Crippen LogP contribution in [0.1, 0.15) is 36.2 Å². The third kappa shape index (κ3) is 4.02. The lowest BCUT2D eigenvalue weighted by molar-refractivity contribution is 0.519. The number of aromatic nitrogens is 1. The molecule has 2 nitrogen and oxygen atoms in total. The number of halogens is 2. The van der Waals surface area contributed by atoms with Crippen LogP contribution in [0.25, 0.3) is 0 Å². The molecule has 1 N–H and O–H groups in total. The fraction of sp³-hybridized carbons (Fsp3) is 0.353. The Morgan fingerprint density at radius 2 is 2.10 bits per heavy atom. The van der Waals surface area contributed by atoms with Crippen molar-refractivity contribution in [2.24, 2.45) is 0 Å². The molecule has 0 aliphatic heterocycles. The highest BCUT2D eigenvalue weighted by Crippen LogP contribution is 2.28. The fourth-order valence-electron chi connectivity index (χ4n) is 2.33. The molecular weight excluding hydrogens is 287 g/mol. The molecule has 0 spiro atoms. The molecule has 1 aromatic heterocycles. The average molecular weight is 307 g/mol. The molecule has 1 aromatic carbocycles. The highest BCUT2D eigenvalue weighted by Gasteiger charge is 2.18. The number of rotatable bonds is 6. The van der Waals surface area contributed by atoms with E-state index in [9.17, 15) is 4.39 Å².